The molecule has 0 unspecified atom stereocenters. The van der Waals surface area contributed by atoms with Crippen molar-refractivity contribution in [2.24, 2.45) is 0 Å². The van der Waals surface area contributed by atoms with Crippen LogP contribution in [0.4, 0.5) is 5.69 Å². The maximum atomic E-state index is 11.8. The Balaban J connectivity index is 2.48. The minimum atomic E-state index is -1.34. The van der Waals surface area contributed by atoms with Gasteiger partial charge in [0.15, 0.2) is 5.57 Å². The molecule has 5 nitrogen and oxygen atoms in total. The van der Waals surface area contributed by atoms with Crippen molar-refractivity contribution in [3.05, 3.63) is 41.6 Å². The molecular formula is C13H10N2O3. The fourth-order valence-corrected chi connectivity index (χ4v) is 1.86. The maximum absolute atomic E-state index is 11.8. The number of para-hydroxylation sites is 1. The highest BCUT2D eigenvalue weighted by Gasteiger charge is 2.23. The zero-order valence-electron chi connectivity index (χ0n) is 9.46. The minimum absolute atomic E-state index is 0.206. The second-order valence-corrected chi connectivity index (χ2v) is 3.85. The van der Waals surface area contributed by atoms with Gasteiger partial charge in [-0.25, -0.2) is 4.79 Å². The predicted octanol–water partition coefficient (Wildman–Crippen LogP) is 1.46. The summed E-state index contributed by atoms with van der Waals surface area (Å²) in [6.07, 6.45) is 2.03. The number of hydrogen-bond donors (Lipinski definition) is 1. The van der Waals surface area contributed by atoms with Crippen LogP contribution in [0.1, 0.15) is 12.0 Å². The summed E-state index contributed by atoms with van der Waals surface area (Å²) in [5.74, 6) is -1.55. The number of carboxylic acid groups (broad SMARTS) is 1. The zero-order valence-corrected chi connectivity index (χ0v) is 9.46. The number of benzene rings is 1. The van der Waals surface area contributed by atoms with Crippen LogP contribution in [-0.2, 0) is 16.0 Å². The van der Waals surface area contributed by atoms with Gasteiger partial charge in [-0.15, -0.1) is 0 Å². The highest BCUT2D eigenvalue weighted by atomic mass is 16.4. The number of aliphatic carboxylic acids is 1. The number of amides is 1. The van der Waals surface area contributed by atoms with Crippen molar-refractivity contribution in [2.45, 2.75) is 12.8 Å². The number of anilines is 1. The molecule has 1 N–H and O–H groups in total. The number of carboxylic acids is 1. The number of rotatable bonds is 2. The van der Waals surface area contributed by atoms with Gasteiger partial charge in [0, 0.05) is 12.6 Å². The highest BCUT2D eigenvalue weighted by molar-refractivity contribution is 6.01. The number of fused-ring (bicyclic) bond motifs is 1. The third-order valence-electron chi connectivity index (χ3n) is 2.74. The third kappa shape index (κ3) is 2.09. The smallest absolute Gasteiger partial charge is 0.347 e. The first-order valence-electron chi connectivity index (χ1n) is 5.38. The fraction of sp³-hybridized carbons (Fsp3) is 0.154. The number of carbonyl (C=O) groups excluding carboxylic acids is 1. The lowest BCUT2D eigenvalue weighted by atomic mass is 10.0. The maximum Gasteiger partial charge on any atom is 0.347 e. The Hall–Kier alpha value is -2.61. The SMILES string of the molecule is N#CC(=CN1C(=O)CCc2ccccc21)C(=O)O. The summed E-state index contributed by atoms with van der Waals surface area (Å²) in [5, 5.41) is 17.5. The standard InChI is InChI=1S/C13H10N2O3/c14-7-10(13(17)18)8-15-11-4-2-1-3-9(11)5-6-12(15)16/h1-4,8H,5-6H2,(H,17,18). The fourth-order valence-electron chi connectivity index (χ4n) is 1.86. The Labute approximate surface area is 104 Å². The van der Waals surface area contributed by atoms with Crippen LogP contribution in [0.2, 0.25) is 0 Å². The monoisotopic (exact) mass is 242 g/mol. The van der Waals surface area contributed by atoms with Gasteiger partial charge in [0.1, 0.15) is 6.07 Å². The molecule has 1 aromatic rings. The van der Waals surface area contributed by atoms with E-state index in [0.717, 1.165) is 11.8 Å². The molecule has 1 aliphatic heterocycles. The Kier molecular flexibility index (Phi) is 3.11. The van der Waals surface area contributed by atoms with Crippen LogP contribution in [0.3, 0.4) is 0 Å². The number of nitrogens with zero attached hydrogens (tertiary/aromatic N) is 2. The first kappa shape index (κ1) is 11.9. The normalized spacial score (nSPS) is 14.9. The van der Waals surface area contributed by atoms with E-state index >= 15 is 0 Å². The molecule has 0 aliphatic carbocycles. The number of hydrogen-bond acceptors (Lipinski definition) is 3. The molecule has 0 spiro atoms. The van der Waals surface area contributed by atoms with Gasteiger partial charge in [0.2, 0.25) is 5.91 Å². The molecule has 1 aliphatic rings. The average molecular weight is 242 g/mol. The van der Waals surface area contributed by atoms with Crippen molar-refractivity contribution < 1.29 is 14.7 Å². The van der Waals surface area contributed by atoms with Crippen molar-refractivity contribution in [3.63, 3.8) is 0 Å². The zero-order chi connectivity index (χ0) is 13.1. The third-order valence-corrected chi connectivity index (χ3v) is 2.74. The second-order valence-electron chi connectivity index (χ2n) is 3.85. The van der Waals surface area contributed by atoms with Crippen molar-refractivity contribution in [1.29, 1.82) is 5.26 Å². The topological polar surface area (TPSA) is 81.4 Å². The van der Waals surface area contributed by atoms with Gasteiger partial charge in [-0.2, -0.15) is 5.26 Å². The van der Waals surface area contributed by atoms with Crippen LogP contribution in [0, 0.1) is 11.3 Å². The van der Waals surface area contributed by atoms with Crippen LogP contribution in [0.5, 0.6) is 0 Å². The molecule has 1 amide bonds. The lowest BCUT2D eigenvalue weighted by Gasteiger charge is -2.26. The lowest BCUT2D eigenvalue weighted by Crippen LogP contribution is -2.31. The van der Waals surface area contributed by atoms with E-state index in [1.165, 1.54) is 4.90 Å². The molecule has 0 bridgehead atoms. The lowest BCUT2D eigenvalue weighted by molar-refractivity contribution is -0.132. The van der Waals surface area contributed by atoms with E-state index in [4.69, 9.17) is 10.4 Å². The van der Waals surface area contributed by atoms with E-state index in [0.29, 0.717) is 18.5 Å². The first-order valence-corrected chi connectivity index (χ1v) is 5.38. The van der Waals surface area contributed by atoms with Crippen LogP contribution in [-0.4, -0.2) is 17.0 Å². The second kappa shape index (κ2) is 4.72. The van der Waals surface area contributed by atoms with Gasteiger partial charge in [0.05, 0.1) is 5.69 Å². The number of aryl methyl sites for hydroxylation is 1. The average Bonchev–Trinajstić information content (AvgIpc) is 2.37. The number of nitriles is 1. The molecule has 2 rings (SSSR count). The molecule has 1 aromatic carbocycles. The Morgan fingerprint density at radius 1 is 1.39 bits per heavy atom. The summed E-state index contributed by atoms with van der Waals surface area (Å²) >= 11 is 0. The molecular weight excluding hydrogens is 232 g/mol. The van der Waals surface area contributed by atoms with Crippen LogP contribution in [0.25, 0.3) is 0 Å². The van der Waals surface area contributed by atoms with Crippen LogP contribution in [0.15, 0.2) is 36.0 Å². The van der Waals surface area contributed by atoms with Gasteiger partial charge in [-0.3, -0.25) is 9.69 Å². The molecule has 90 valence electrons. The Morgan fingerprint density at radius 2 is 2.11 bits per heavy atom. The van der Waals surface area contributed by atoms with E-state index in [9.17, 15) is 9.59 Å². The van der Waals surface area contributed by atoms with Gasteiger partial charge < -0.3 is 5.11 Å². The van der Waals surface area contributed by atoms with Crippen molar-refractivity contribution in [2.75, 3.05) is 4.90 Å². The van der Waals surface area contributed by atoms with E-state index in [2.05, 4.69) is 0 Å². The molecule has 0 fully saturated rings. The van der Waals surface area contributed by atoms with Crippen LogP contribution >= 0.6 is 0 Å². The van der Waals surface area contributed by atoms with Crippen molar-refractivity contribution in [3.8, 4) is 6.07 Å². The molecule has 0 aromatic heterocycles. The van der Waals surface area contributed by atoms with E-state index in [1.807, 2.05) is 12.1 Å². The summed E-state index contributed by atoms with van der Waals surface area (Å²) < 4.78 is 0. The van der Waals surface area contributed by atoms with E-state index < -0.39 is 11.5 Å². The van der Waals surface area contributed by atoms with Gasteiger partial charge in [0.25, 0.3) is 0 Å². The Morgan fingerprint density at radius 3 is 2.78 bits per heavy atom. The molecule has 0 saturated carbocycles. The first-order chi connectivity index (χ1) is 8.63. The summed E-state index contributed by atoms with van der Waals surface area (Å²) in [6, 6.07) is 8.82. The molecule has 0 saturated heterocycles. The van der Waals surface area contributed by atoms with Crippen LogP contribution < -0.4 is 4.90 Å². The Bertz CT molecular complexity index is 584. The highest BCUT2D eigenvalue weighted by Crippen LogP contribution is 2.28. The summed E-state index contributed by atoms with van der Waals surface area (Å²) in [7, 11) is 0. The molecule has 0 radical (unpaired) electrons. The van der Waals surface area contributed by atoms with Crippen molar-refractivity contribution >= 4 is 17.6 Å². The molecule has 1 heterocycles. The molecule has 0 atom stereocenters. The van der Waals surface area contributed by atoms with Gasteiger partial charge in [-0.1, -0.05) is 18.2 Å². The minimum Gasteiger partial charge on any atom is -0.477 e. The van der Waals surface area contributed by atoms with Gasteiger partial charge >= 0.3 is 5.97 Å². The van der Waals surface area contributed by atoms with E-state index in [-0.39, 0.29) is 5.91 Å². The predicted molar refractivity (Wildman–Crippen MR) is 63.6 cm³/mol. The quantitative estimate of drug-likeness (QED) is 0.628. The van der Waals surface area contributed by atoms with Gasteiger partial charge in [-0.05, 0) is 18.1 Å². The van der Waals surface area contributed by atoms with Crippen molar-refractivity contribution in [1.82, 2.24) is 0 Å². The molecule has 18 heavy (non-hydrogen) atoms. The summed E-state index contributed by atoms with van der Waals surface area (Å²) in [6.45, 7) is 0. The van der Waals surface area contributed by atoms with E-state index in [1.54, 1.807) is 18.2 Å². The number of carbonyl (C=O) groups is 2. The summed E-state index contributed by atoms with van der Waals surface area (Å²) in [5.41, 5.74) is 1.15. The summed E-state index contributed by atoms with van der Waals surface area (Å²) in [4.78, 5) is 23.8. The molecule has 5 heteroatoms. The largest absolute Gasteiger partial charge is 0.477 e.